The Balaban J connectivity index is 1.16. The van der Waals surface area contributed by atoms with Gasteiger partial charge in [0.25, 0.3) is 0 Å². The van der Waals surface area contributed by atoms with Gasteiger partial charge < -0.3 is 18.3 Å². The molecular formula is C71H42N12. The quantitative estimate of drug-likeness (QED) is 0.156. The van der Waals surface area contributed by atoms with Crippen LogP contribution in [0.3, 0.4) is 0 Å². The lowest BCUT2D eigenvalue weighted by Gasteiger charge is -2.27. The lowest BCUT2D eigenvalue weighted by atomic mass is 10.0. The maximum Gasteiger partial charge on any atom is 0.238 e. The number of para-hydroxylation sites is 6. The van der Waals surface area contributed by atoms with E-state index in [1.165, 1.54) is 0 Å². The van der Waals surface area contributed by atoms with Crippen LogP contribution in [0.15, 0.2) is 255 Å². The van der Waals surface area contributed by atoms with Gasteiger partial charge >= 0.3 is 0 Å². The molecule has 0 N–H and O–H groups in total. The number of fused-ring (bicyclic) bond motifs is 15. The van der Waals surface area contributed by atoms with Crippen LogP contribution in [-0.2, 0) is 0 Å². The molecule has 18 aromatic rings. The van der Waals surface area contributed by atoms with Gasteiger partial charge in [-0.1, -0.05) is 140 Å². The Kier molecular flexibility index (Phi) is 9.51. The number of nitrogens with zero attached hydrogens (tertiary/aromatic N) is 12. The minimum absolute atomic E-state index is 0.445. The number of rotatable bonds is 7. The van der Waals surface area contributed by atoms with Gasteiger partial charge in [-0.3, -0.25) is 24.5 Å². The predicted molar refractivity (Wildman–Crippen MR) is 334 cm³/mol. The number of benzene rings is 8. The summed E-state index contributed by atoms with van der Waals surface area (Å²) in [6.45, 7) is 0. The zero-order valence-corrected chi connectivity index (χ0v) is 44.1. The highest BCUT2D eigenvalue weighted by Crippen LogP contribution is 2.49. The molecule has 0 fully saturated rings. The summed E-state index contributed by atoms with van der Waals surface area (Å²) >= 11 is 0. The van der Waals surface area contributed by atoms with E-state index >= 15 is 0 Å². The number of hydrogen-bond acceptors (Lipinski definition) is 7. The summed E-state index contributed by atoms with van der Waals surface area (Å²) in [5.74, 6) is 1.43. The largest absolute Gasteiger partial charge is 0.307 e. The van der Waals surface area contributed by atoms with Gasteiger partial charge in [-0.15, -0.1) is 0 Å². The summed E-state index contributed by atoms with van der Waals surface area (Å²) in [7, 11) is 0. The molecule has 10 aromatic heterocycles. The third-order valence-electron chi connectivity index (χ3n) is 16.5. The third-order valence-corrected chi connectivity index (χ3v) is 16.5. The lowest BCUT2D eigenvalue weighted by Crippen LogP contribution is -2.15. The molecule has 0 aliphatic heterocycles. The van der Waals surface area contributed by atoms with E-state index in [0.717, 1.165) is 143 Å². The second-order valence-electron chi connectivity index (χ2n) is 20.9. The van der Waals surface area contributed by atoms with Gasteiger partial charge in [-0.2, -0.15) is 9.97 Å². The van der Waals surface area contributed by atoms with Crippen LogP contribution in [0, 0.1) is 0 Å². The van der Waals surface area contributed by atoms with Crippen molar-refractivity contribution in [1.29, 1.82) is 0 Å². The monoisotopic (exact) mass is 1060 g/mol. The van der Waals surface area contributed by atoms with E-state index in [1.54, 1.807) is 0 Å². The van der Waals surface area contributed by atoms with Crippen molar-refractivity contribution < 1.29 is 0 Å². The summed E-state index contributed by atoms with van der Waals surface area (Å²) < 4.78 is 11.8. The molecule has 0 amide bonds. The van der Waals surface area contributed by atoms with Gasteiger partial charge in [-0.25, -0.2) is 4.98 Å². The van der Waals surface area contributed by atoms with Crippen molar-refractivity contribution in [2.75, 3.05) is 0 Å². The molecule has 0 aliphatic carbocycles. The average molecular weight is 1060 g/mol. The molecule has 18 rings (SSSR count). The van der Waals surface area contributed by atoms with Gasteiger partial charge in [0, 0.05) is 62.7 Å². The van der Waals surface area contributed by atoms with Crippen molar-refractivity contribution in [3.8, 4) is 51.5 Å². The van der Waals surface area contributed by atoms with Gasteiger partial charge in [-0.05, 0) is 91.0 Å². The first-order valence-corrected chi connectivity index (χ1v) is 27.6. The van der Waals surface area contributed by atoms with Gasteiger partial charge in [0.1, 0.15) is 0 Å². The fourth-order valence-electron chi connectivity index (χ4n) is 13.2. The van der Waals surface area contributed by atoms with E-state index in [4.69, 9.17) is 34.9 Å². The predicted octanol–water partition coefficient (Wildman–Crippen LogP) is 16.3. The van der Waals surface area contributed by atoms with Crippen LogP contribution in [-0.4, -0.2) is 57.7 Å². The third kappa shape index (κ3) is 6.42. The first kappa shape index (κ1) is 45.3. The first-order valence-electron chi connectivity index (χ1n) is 27.6. The van der Waals surface area contributed by atoms with Crippen molar-refractivity contribution in [3.63, 3.8) is 0 Å². The Bertz CT molecular complexity index is 5460. The number of aromatic nitrogens is 12. The molecule has 0 radical (unpaired) electrons. The SMILES string of the molecule is c1ccc(-c2nc(-c3c(-n4c5ccccc5c5ncccc54)cc(-n4c5ccccc5c5ncccc54)c(-n4c5ccccc5c5ncccc54)c3-n3c4ccccc4c4ncccc43)nc(-n3c4ccccc4c4ccccc43)n2)cc1. The molecule has 12 heteroatoms. The fraction of sp³-hybridized carbons (Fsp3) is 0. The van der Waals surface area contributed by atoms with Crippen LogP contribution >= 0.6 is 0 Å². The van der Waals surface area contributed by atoms with E-state index in [9.17, 15) is 0 Å². The number of pyridine rings is 4. The highest BCUT2D eigenvalue weighted by atomic mass is 15.2. The molecule has 0 saturated heterocycles. The van der Waals surface area contributed by atoms with E-state index in [1.807, 2.05) is 67.3 Å². The van der Waals surface area contributed by atoms with Gasteiger partial charge in [0.15, 0.2) is 11.6 Å². The summed E-state index contributed by atoms with van der Waals surface area (Å²) in [5.41, 5.74) is 17.8. The molecule has 8 aromatic carbocycles. The van der Waals surface area contributed by atoms with Crippen LogP contribution in [0.25, 0.3) is 161 Å². The molecule has 12 nitrogen and oxygen atoms in total. The molecule has 0 atom stereocenters. The molecule has 0 aliphatic rings. The molecule has 0 bridgehead atoms. The highest BCUT2D eigenvalue weighted by molar-refractivity contribution is 6.15. The Morgan fingerprint density at radius 1 is 0.241 bits per heavy atom. The zero-order chi connectivity index (χ0) is 54.3. The molecule has 0 unspecified atom stereocenters. The summed E-state index contributed by atoms with van der Waals surface area (Å²) in [4.78, 5) is 37.9. The van der Waals surface area contributed by atoms with Crippen molar-refractivity contribution >= 4 is 110 Å². The maximum atomic E-state index is 5.92. The molecular weight excluding hydrogens is 1020 g/mol. The van der Waals surface area contributed by atoms with E-state index in [-0.39, 0.29) is 0 Å². The van der Waals surface area contributed by atoms with Crippen molar-refractivity contribution in [3.05, 3.63) is 255 Å². The summed E-state index contributed by atoms with van der Waals surface area (Å²) in [6.07, 6.45) is 7.53. The zero-order valence-electron chi connectivity index (χ0n) is 44.1. The standard InChI is InChI=1S/C71H42N12/c1-2-20-43(21-3-1)69-76-70(78-71(77-69)83-50-28-10-4-22-44(50)45-23-5-11-29-51(45)83)62-60(79-52-30-12-6-24-46(52)63-56(79)34-16-38-72-63)42-61(80-53-31-13-7-25-47(53)64-57(80)35-17-39-73-64)67(81-54-32-14-8-26-48(54)65-58(81)36-18-40-74-65)68(62)82-55-33-15-9-27-49(55)66-59(82)37-19-41-75-66/h1-42H. The summed E-state index contributed by atoms with van der Waals surface area (Å²) in [5, 5.41) is 6.21. The molecule has 10 heterocycles. The van der Waals surface area contributed by atoms with Crippen LogP contribution in [0.4, 0.5) is 0 Å². The fourth-order valence-corrected chi connectivity index (χ4v) is 13.2. The minimum Gasteiger partial charge on any atom is -0.307 e. The van der Waals surface area contributed by atoms with Crippen LogP contribution in [0.5, 0.6) is 0 Å². The normalized spacial score (nSPS) is 12.1. The molecule has 83 heavy (non-hydrogen) atoms. The molecule has 0 saturated carbocycles. The Labute approximate surface area is 471 Å². The Morgan fingerprint density at radius 2 is 0.578 bits per heavy atom. The summed E-state index contributed by atoms with van der Waals surface area (Å²) in [6, 6.07) is 80.7. The number of hydrogen-bond donors (Lipinski definition) is 0. The Morgan fingerprint density at radius 3 is 1.04 bits per heavy atom. The van der Waals surface area contributed by atoms with Crippen LogP contribution in [0.2, 0.25) is 0 Å². The van der Waals surface area contributed by atoms with Crippen molar-refractivity contribution in [2.45, 2.75) is 0 Å². The Hall–Kier alpha value is -11.6. The maximum absolute atomic E-state index is 5.92. The van der Waals surface area contributed by atoms with Crippen molar-refractivity contribution in [2.24, 2.45) is 0 Å². The van der Waals surface area contributed by atoms with Gasteiger partial charge in [0.2, 0.25) is 5.95 Å². The van der Waals surface area contributed by atoms with Gasteiger partial charge in [0.05, 0.1) is 106 Å². The lowest BCUT2D eigenvalue weighted by molar-refractivity contribution is 0.947. The molecule has 386 valence electrons. The van der Waals surface area contributed by atoms with Crippen molar-refractivity contribution in [1.82, 2.24) is 57.7 Å². The first-order chi connectivity index (χ1) is 41.2. The minimum atomic E-state index is 0.445. The highest BCUT2D eigenvalue weighted by Gasteiger charge is 2.34. The van der Waals surface area contributed by atoms with E-state index in [2.05, 4.69) is 211 Å². The second-order valence-corrected chi connectivity index (χ2v) is 20.9. The van der Waals surface area contributed by atoms with E-state index < -0.39 is 0 Å². The van der Waals surface area contributed by atoms with Crippen LogP contribution in [0.1, 0.15) is 0 Å². The topological polar surface area (TPSA) is 115 Å². The van der Waals surface area contributed by atoms with Crippen LogP contribution < -0.4 is 0 Å². The van der Waals surface area contributed by atoms with E-state index in [0.29, 0.717) is 17.6 Å². The smallest absolute Gasteiger partial charge is 0.238 e. The molecule has 0 spiro atoms. The average Bonchev–Trinajstić information content (AvgIpc) is 2.43. The second kappa shape index (κ2) is 17.4.